The predicted octanol–water partition coefficient (Wildman–Crippen LogP) is 3.53. The van der Waals surface area contributed by atoms with Crippen molar-refractivity contribution in [2.45, 2.75) is 51.4 Å². The van der Waals surface area contributed by atoms with Crippen LogP contribution in [0.4, 0.5) is 0 Å². The maximum atomic E-state index is 8.94. The third-order valence-corrected chi connectivity index (χ3v) is 4.20. The molecule has 106 valence electrons. The minimum Gasteiger partial charge on any atom is -0.251 e. The lowest BCUT2D eigenvalue weighted by molar-refractivity contribution is -0.461. The van der Waals surface area contributed by atoms with Crippen LogP contribution in [0.1, 0.15) is 39.7 Å². The van der Waals surface area contributed by atoms with E-state index in [1.807, 2.05) is 37.3 Å². The zero-order valence-corrected chi connectivity index (χ0v) is 11.9. The Bertz CT molecular complexity index is 417. The second-order valence-corrected chi connectivity index (χ2v) is 5.97. The van der Waals surface area contributed by atoms with E-state index < -0.39 is 11.2 Å². The van der Waals surface area contributed by atoms with Gasteiger partial charge in [-0.25, -0.2) is 14.7 Å². The molecular weight excluding hydrogens is 244 g/mol. The molecule has 1 N–H and O–H groups in total. The largest absolute Gasteiger partial charge is 0.251 e. The molecule has 0 aromatic heterocycles. The minimum absolute atomic E-state index is 0.239. The lowest BCUT2D eigenvalue weighted by Gasteiger charge is -2.44. The normalized spacial score (nSPS) is 32.3. The van der Waals surface area contributed by atoms with E-state index >= 15 is 0 Å². The topological polar surface area (TPSA) is 47.9 Å². The summed E-state index contributed by atoms with van der Waals surface area (Å²) in [4.78, 5) is 15.7. The van der Waals surface area contributed by atoms with Crippen molar-refractivity contribution in [2.75, 3.05) is 0 Å². The van der Waals surface area contributed by atoms with Gasteiger partial charge in [-0.1, -0.05) is 37.3 Å². The number of rotatable bonds is 3. The van der Waals surface area contributed by atoms with Crippen LogP contribution in [0.25, 0.3) is 0 Å². The van der Waals surface area contributed by atoms with E-state index in [1.165, 1.54) is 0 Å². The van der Waals surface area contributed by atoms with E-state index in [-0.39, 0.29) is 12.0 Å². The molecule has 1 aromatic carbocycles. The summed E-state index contributed by atoms with van der Waals surface area (Å²) in [5.74, 6) is 0.239. The second-order valence-electron chi connectivity index (χ2n) is 5.97. The summed E-state index contributed by atoms with van der Waals surface area (Å²) in [7, 11) is 0. The fourth-order valence-corrected chi connectivity index (χ4v) is 2.39. The molecule has 1 heterocycles. The average molecular weight is 266 g/mol. The molecular formula is C15H22O4. The van der Waals surface area contributed by atoms with E-state index in [1.54, 1.807) is 13.8 Å². The smallest absolute Gasteiger partial charge is 0.128 e. The number of hydrogen-bond acceptors (Lipinski definition) is 4. The Kier molecular flexibility index (Phi) is 3.97. The Morgan fingerprint density at radius 2 is 1.95 bits per heavy atom. The summed E-state index contributed by atoms with van der Waals surface area (Å²) in [6.45, 7) is 7.70. The van der Waals surface area contributed by atoms with Crippen molar-refractivity contribution in [3.8, 4) is 0 Å². The monoisotopic (exact) mass is 266 g/mol. The molecule has 1 aromatic rings. The van der Waals surface area contributed by atoms with E-state index in [9.17, 15) is 0 Å². The standard InChI is InChI=1S/C15H22O4/c1-11-10-13(14(2,3)18-16)17-19-15(11,4)12-8-6-5-7-9-12/h5-9,11,13,16H,10H2,1-4H3. The van der Waals surface area contributed by atoms with Crippen molar-refractivity contribution in [2.24, 2.45) is 5.92 Å². The van der Waals surface area contributed by atoms with Gasteiger partial charge in [-0.15, -0.1) is 0 Å². The van der Waals surface area contributed by atoms with Gasteiger partial charge in [0, 0.05) is 0 Å². The van der Waals surface area contributed by atoms with E-state index in [0.717, 1.165) is 12.0 Å². The third kappa shape index (κ3) is 2.67. The van der Waals surface area contributed by atoms with Gasteiger partial charge in [-0.3, -0.25) is 5.26 Å². The summed E-state index contributed by atoms with van der Waals surface area (Å²) >= 11 is 0. The van der Waals surface area contributed by atoms with Crippen molar-refractivity contribution in [3.05, 3.63) is 35.9 Å². The molecule has 3 atom stereocenters. The van der Waals surface area contributed by atoms with Gasteiger partial charge in [0.15, 0.2) is 0 Å². The molecule has 1 aliphatic heterocycles. The maximum Gasteiger partial charge on any atom is 0.128 e. The zero-order valence-electron chi connectivity index (χ0n) is 11.9. The molecule has 4 heteroatoms. The molecule has 0 spiro atoms. The predicted molar refractivity (Wildman–Crippen MR) is 71.3 cm³/mol. The van der Waals surface area contributed by atoms with Gasteiger partial charge in [0.2, 0.25) is 0 Å². The van der Waals surface area contributed by atoms with Crippen molar-refractivity contribution in [1.29, 1.82) is 0 Å². The first-order valence-electron chi connectivity index (χ1n) is 6.63. The highest BCUT2D eigenvalue weighted by Gasteiger charge is 2.46. The van der Waals surface area contributed by atoms with Crippen LogP contribution in [0, 0.1) is 5.92 Å². The fraction of sp³-hybridized carbons (Fsp3) is 0.600. The van der Waals surface area contributed by atoms with Gasteiger partial charge < -0.3 is 0 Å². The Hall–Kier alpha value is -0.940. The third-order valence-electron chi connectivity index (χ3n) is 4.20. The highest BCUT2D eigenvalue weighted by atomic mass is 17.2. The van der Waals surface area contributed by atoms with Crippen molar-refractivity contribution < 1.29 is 19.9 Å². The van der Waals surface area contributed by atoms with E-state index in [2.05, 4.69) is 11.8 Å². The second kappa shape index (κ2) is 5.21. The molecule has 1 fully saturated rings. The van der Waals surface area contributed by atoms with E-state index in [0.29, 0.717) is 0 Å². The van der Waals surface area contributed by atoms with Gasteiger partial charge in [0.25, 0.3) is 0 Å². The molecule has 1 saturated heterocycles. The van der Waals surface area contributed by atoms with Crippen LogP contribution in [-0.2, 0) is 20.3 Å². The lowest BCUT2D eigenvalue weighted by Crippen LogP contribution is -2.50. The summed E-state index contributed by atoms with van der Waals surface area (Å²) in [6, 6.07) is 10.0. The number of benzene rings is 1. The minimum atomic E-state index is -0.785. The van der Waals surface area contributed by atoms with Gasteiger partial charge in [-0.05, 0) is 38.7 Å². The zero-order chi connectivity index (χ0) is 14.1. The van der Waals surface area contributed by atoms with Gasteiger partial charge in [0.05, 0.1) is 0 Å². The first-order valence-corrected chi connectivity index (χ1v) is 6.63. The molecule has 0 amide bonds. The van der Waals surface area contributed by atoms with Crippen LogP contribution in [0.3, 0.4) is 0 Å². The van der Waals surface area contributed by atoms with Crippen molar-refractivity contribution >= 4 is 0 Å². The van der Waals surface area contributed by atoms with Crippen LogP contribution in [0.15, 0.2) is 30.3 Å². The molecule has 0 radical (unpaired) electrons. The van der Waals surface area contributed by atoms with E-state index in [4.69, 9.17) is 15.0 Å². The van der Waals surface area contributed by atoms with Gasteiger partial charge >= 0.3 is 0 Å². The van der Waals surface area contributed by atoms with Gasteiger partial charge in [0.1, 0.15) is 17.3 Å². The molecule has 3 unspecified atom stereocenters. The van der Waals surface area contributed by atoms with Gasteiger partial charge in [-0.2, -0.15) is 0 Å². The Morgan fingerprint density at radius 3 is 2.47 bits per heavy atom. The quantitative estimate of drug-likeness (QED) is 0.671. The average Bonchev–Trinajstić information content (AvgIpc) is 2.42. The first-order chi connectivity index (χ1) is 8.90. The number of hydrogen-bond donors (Lipinski definition) is 1. The molecule has 2 rings (SSSR count). The van der Waals surface area contributed by atoms with Crippen LogP contribution < -0.4 is 0 Å². The molecule has 0 saturated carbocycles. The molecule has 4 nitrogen and oxygen atoms in total. The van der Waals surface area contributed by atoms with Crippen LogP contribution in [0.5, 0.6) is 0 Å². The molecule has 0 aliphatic carbocycles. The summed E-state index contributed by atoms with van der Waals surface area (Å²) in [5.41, 5.74) is -0.182. The highest BCUT2D eigenvalue weighted by Crippen LogP contribution is 2.42. The first kappa shape index (κ1) is 14.5. The molecule has 19 heavy (non-hydrogen) atoms. The fourth-order valence-electron chi connectivity index (χ4n) is 2.39. The highest BCUT2D eigenvalue weighted by molar-refractivity contribution is 5.23. The lowest BCUT2D eigenvalue weighted by atomic mass is 9.78. The van der Waals surface area contributed by atoms with Crippen LogP contribution >= 0.6 is 0 Å². The summed E-state index contributed by atoms with van der Waals surface area (Å²) < 4.78 is 0. The van der Waals surface area contributed by atoms with Crippen LogP contribution in [-0.4, -0.2) is 17.0 Å². The summed E-state index contributed by atoms with van der Waals surface area (Å²) in [5, 5.41) is 8.94. The maximum absolute atomic E-state index is 8.94. The SMILES string of the molecule is CC1CC(C(C)(C)OO)OOC1(C)c1ccccc1. The Labute approximate surface area is 114 Å². The van der Waals surface area contributed by atoms with Crippen molar-refractivity contribution in [1.82, 2.24) is 0 Å². The Balaban J connectivity index is 2.17. The summed E-state index contributed by atoms with van der Waals surface area (Å²) in [6.07, 6.45) is 0.447. The van der Waals surface area contributed by atoms with Crippen molar-refractivity contribution in [3.63, 3.8) is 0 Å². The molecule has 0 bridgehead atoms. The Morgan fingerprint density at radius 1 is 1.32 bits per heavy atom. The molecule has 1 aliphatic rings. The van der Waals surface area contributed by atoms with Crippen LogP contribution in [0.2, 0.25) is 0 Å².